The van der Waals surface area contributed by atoms with E-state index in [1.165, 1.54) is 0 Å². The Balaban J connectivity index is 1.56. The van der Waals surface area contributed by atoms with E-state index in [0.717, 1.165) is 5.75 Å². The third-order valence-corrected chi connectivity index (χ3v) is 3.76. The molecule has 2 aromatic carbocycles. The molecule has 6 heteroatoms. The minimum atomic E-state index is -0.910. The van der Waals surface area contributed by atoms with Crippen LogP contribution in [0.3, 0.4) is 0 Å². The van der Waals surface area contributed by atoms with E-state index in [1.54, 1.807) is 32.0 Å². The lowest BCUT2D eigenvalue weighted by Crippen LogP contribution is -2.45. The maximum Gasteiger partial charge on any atom is 0.268 e. The van der Waals surface area contributed by atoms with E-state index in [0.29, 0.717) is 17.1 Å². The number of ether oxygens (including phenoxy) is 2. The second kappa shape index (κ2) is 6.84. The number of hydrogen-bond acceptors (Lipinski definition) is 4. The minimum Gasteiger partial charge on any atom is -0.493 e. The Morgan fingerprint density at radius 3 is 2.72 bits per heavy atom. The number of nitrogens with one attached hydrogen (secondary N) is 2. The second-order valence-corrected chi connectivity index (χ2v) is 6.24. The summed E-state index contributed by atoms with van der Waals surface area (Å²) in [5.74, 6) is 0.917. The van der Waals surface area contributed by atoms with Crippen molar-refractivity contribution in [3.63, 3.8) is 0 Å². The molecule has 3 rings (SSSR count). The Bertz CT molecular complexity index is 787. The Morgan fingerprint density at radius 1 is 1.20 bits per heavy atom. The highest BCUT2D eigenvalue weighted by molar-refractivity contribution is 6.01. The van der Waals surface area contributed by atoms with Gasteiger partial charge in [0.1, 0.15) is 11.5 Å². The number of carbonyl (C=O) groups is 2. The first kappa shape index (κ1) is 16.8. The highest BCUT2D eigenvalue weighted by Gasteiger charge is 2.35. The highest BCUT2D eigenvalue weighted by atomic mass is 16.5. The first-order chi connectivity index (χ1) is 11.9. The van der Waals surface area contributed by atoms with Crippen molar-refractivity contribution < 1.29 is 19.1 Å². The average Bonchev–Trinajstić information content (AvgIpc) is 2.57. The second-order valence-electron chi connectivity index (χ2n) is 6.24. The lowest BCUT2D eigenvalue weighted by atomic mass is 10.1. The van der Waals surface area contributed by atoms with E-state index in [9.17, 15) is 9.59 Å². The van der Waals surface area contributed by atoms with Gasteiger partial charge in [0, 0.05) is 5.69 Å². The molecule has 0 fully saturated rings. The third-order valence-electron chi connectivity index (χ3n) is 3.76. The number of anilines is 2. The van der Waals surface area contributed by atoms with Gasteiger partial charge in [0.25, 0.3) is 5.91 Å². The lowest BCUT2D eigenvalue weighted by molar-refractivity contribution is -0.129. The fourth-order valence-corrected chi connectivity index (χ4v) is 2.39. The van der Waals surface area contributed by atoms with E-state index in [-0.39, 0.29) is 24.8 Å². The van der Waals surface area contributed by atoms with Crippen LogP contribution in [-0.4, -0.2) is 24.0 Å². The van der Waals surface area contributed by atoms with Crippen molar-refractivity contribution in [2.45, 2.75) is 25.9 Å². The summed E-state index contributed by atoms with van der Waals surface area (Å²) in [4.78, 5) is 24.0. The number of para-hydroxylation sites is 1. The molecule has 130 valence electrons. The maximum atomic E-state index is 12.0. The van der Waals surface area contributed by atoms with Crippen LogP contribution in [0, 0.1) is 0 Å². The predicted octanol–water partition coefficient (Wildman–Crippen LogP) is 3.20. The van der Waals surface area contributed by atoms with Gasteiger partial charge < -0.3 is 20.1 Å². The van der Waals surface area contributed by atoms with E-state index in [1.807, 2.05) is 30.3 Å². The van der Waals surface area contributed by atoms with E-state index in [4.69, 9.17) is 9.47 Å². The Labute approximate surface area is 146 Å². The van der Waals surface area contributed by atoms with Crippen molar-refractivity contribution in [3.8, 4) is 11.5 Å². The van der Waals surface area contributed by atoms with E-state index >= 15 is 0 Å². The molecule has 6 nitrogen and oxygen atoms in total. The van der Waals surface area contributed by atoms with Gasteiger partial charge in [0.2, 0.25) is 5.91 Å². The largest absolute Gasteiger partial charge is 0.493 e. The van der Waals surface area contributed by atoms with Gasteiger partial charge in [0.15, 0.2) is 5.60 Å². The molecule has 0 saturated carbocycles. The van der Waals surface area contributed by atoms with Gasteiger partial charge in [0.05, 0.1) is 18.7 Å². The molecule has 0 aliphatic carbocycles. The molecule has 25 heavy (non-hydrogen) atoms. The van der Waals surface area contributed by atoms with Crippen LogP contribution in [0.5, 0.6) is 11.5 Å². The fraction of sp³-hybridized carbons (Fsp3) is 0.263. The summed E-state index contributed by atoms with van der Waals surface area (Å²) in [6, 6.07) is 14.5. The van der Waals surface area contributed by atoms with Crippen molar-refractivity contribution in [1.29, 1.82) is 0 Å². The van der Waals surface area contributed by atoms with Gasteiger partial charge in [-0.05, 0) is 44.2 Å². The van der Waals surface area contributed by atoms with Gasteiger partial charge in [-0.15, -0.1) is 0 Å². The summed E-state index contributed by atoms with van der Waals surface area (Å²) < 4.78 is 11.2. The van der Waals surface area contributed by atoms with Crippen molar-refractivity contribution in [2.75, 3.05) is 17.2 Å². The van der Waals surface area contributed by atoms with Crippen LogP contribution in [0.25, 0.3) is 0 Å². The number of fused-ring (bicyclic) bond motifs is 1. The van der Waals surface area contributed by atoms with Crippen LogP contribution in [0.4, 0.5) is 11.4 Å². The number of hydrogen-bond donors (Lipinski definition) is 2. The Morgan fingerprint density at radius 2 is 1.96 bits per heavy atom. The monoisotopic (exact) mass is 340 g/mol. The van der Waals surface area contributed by atoms with Gasteiger partial charge in [-0.3, -0.25) is 9.59 Å². The molecule has 1 aliphatic heterocycles. The van der Waals surface area contributed by atoms with Crippen LogP contribution in [-0.2, 0) is 9.59 Å². The van der Waals surface area contributed by atoms with Gasteiger partial charge in [-0.1, -0.05) is 18.2 Å². The van der Waals surface area contributed by atoms with Crippen LogP contribution in [0.15, 0.2) is 48.5 Å². The first-order valence-electron chi connectivity index (χ1n) is 8.06. The number of amides is 2. The summed E-state index contributed by atoms with van der Waals surface area (Å²) in [6.45, 7) is 3.69. The summed E-state index contributed by atoms with van der Waals surface area (Å²) in [7, 11) is 0. The van der Waals surface area contributed by atoms with Crippen LogP contribution < -0.4 is 20.1 Å². The molecule has 2 amide bonds. The van der Waals surface area contributed by atoms with Gasteiger partial charge >= 0.3 is 0 Å². The normalized spacial score (nSPS) is 14.7. The molecule has 1 heterocycles. The molecule has 2 aromatic rings. The average molecular weight is 340 g/mol. The molecule has 0 aromatic heterocycles. The number of rotatable bonds is 5. The van der Waals surface area contributed by atoms with Crippen molar-refractivity contribution in [3.05, 3.63) is 48.5 Å². The SMILES string of the molecule is CC1(C)Oc2ccc(NC(=O)CCOc3ccccc3)cc2NC1=O. The zero-order chi connectivity index (χ0) is 17.9. The summed E-state index contributed by atoms with van der Waals surface area (Å²) in [5.41, 5.74) is 0.224. The zero-order valence-electron chi connectivity index (χ0n) is 14.2. The molecular weight excluding hydrogens is 320 g/mol. The standard InChI is InChI=1S/C19H20N2O4/c1-19(2)18(23)21-15-12-13(8-9-16(15)25-19)20-17(22)10-11-24-14-6-4-3-5-7-14/h3-9,12H,10-11H2,1-2H3,(H,20,22)(H,21,23). The summed E-state index contributed by atoms with van der Waals surface area (Å²) in [6.07, 6.45) is 0.224. The molecule has 0 bridgehead atoms. The quantitative estimate of drug-likeness (QED) is 0.876. The van der Waals surface area contributed by atoms with Crippen molar-refractivity contribution in [1.82, 2.24) is 0 Å². The van der Waals surface area contributed by atoms with Crippen LogP contribution >= 0.6 is 0 Å². The first-order valence-corrected chi connectivity index (χ1v) is 8.06. The Hall–Kier alpha value is -3.02. The van der Waals surface area contributed by atoms with Crippen LogP contribution in [0.2, 0.25) is 0 Å². The highest BCUT2D eigenvalue weighted by Crippen LogP contribution is 2.35. The summed E-state index contributed by atoms with van der Waals surface area (Å²) >= 11 is 0. The van der Waals surface area contributed by atoms with E-state index < -0.39 is 5.60 Å². The maximum absolute atomic E-state index is 12.0. The summed E-state index contributed by atoms with van der Waals surface area (Å²) in [5, 5.41) is 5.58. The molecular formula is C19H20N2O4. The molecule has 0 unspecified atom stereocenters. The molecule has 0 spiro atoms. The third kappa shape index (κ3) is 4.09. The molecule has 0 atom stereocenters. The van der Waals surface area contributed by atoms with Crippen molar-refractivity contribution >= 4 is 23.2 Å². The van der Waals surface area contributed by atoms with Gasteiger partial charge in [-0.25, -0.2) is 0 Å². The number of benzene rings is 2. The lowest BCUT2D eigenvalue weighted by Gasteiger charge is -2.31. The minimum absolute atomic E-state index is 0.167. The molecule has 1 aliphatic rings. The topological polar surface area (TPSA) is 76.7 Å². The Kier molecular flexibility index (Phi) is 4.61. The zero-order valence-corrected chi connectivity index (χ0v) is 14.2. The fourth-order valence-electron chi connectivity index (χ4n) is 2.39. The molecule has 2 N–H and O–H groups in total. The van der Waals surface area contributed by atoms with Crippen LogP contribution in [0.1, 0.15) is 20.3 Å². The molecule has 0 saturated heterocycles. The van der Waals surface area contributed by atoms with E-state index in [2.05, 4.69) is 10.6 Å². The number of carbonyl (C=O) groups excluding carboxylic acids is 2. The molecule has 0 radical (unpaired) electrons. The van der Waals surface area contributed by atoms with Crippen molar-refractivity contribution in [2.24, 2.45) is 0 Å². The smallest absolute Gasteiger partial charge is 0.268 e. The van der Waals surface area contributed by atoms with Gasteiger partial charge in [-0.2, -0.15) is 0 Å². The predicted molar refractivity (Wildman–Crippen MR) is 95.0 cm³/mol.